The zero-order valence-corrected chi connectivity index (χ0v) is 22.5. The standard InChI is InChI=1S/C35H28N2O4/c1-22-16-19-26(20-17-22)36-33(38)29-28-21-18-23-10-8-9-15-27(23)37(28)31(30(29)34(36)39)35(40)41-32(24-11-4-2-5-12-24)25-13-6-3-7-14-25/h2-21,28-32H,1H3/t28-,29+,30+,31+/m1/s1. The third-order valence-corrected chi connectivity index (χ3v) is 8.39. The lowest BCUT2D eigenvalue weighted by molar-refractivity contribution is -0.151. The lowest BCUT2D eigenvalue weighted by atomic mass is 9.88. The fourth-order valence-corrected chi connectivity index (χ4v) is 6.50. The summed E-state index contributed by atoms with van der Waals surface area (Å²) in [6.45, 7) is 1.95. The number of hydrogen-bond acceptors (Lipinski definition) is 5. The van der Waals surface area contributed by atoms with E-state index in [1.165, 1.54) is 4.90 Å². The van der Waals surface area contributed by atoms with E-state index in [2.05, 4.69) is 0 Å². The largest absolute Gasteiger partial charge is 0.451 e. The molecule has 2 fully saturated rings. The van der Waals surface area contributed by atoms with Gasteiger partial charge in [0.2, 0.25) is 11.8 Å². The Morgan fingerprint density at radius 3 is 1.98 bits per heavy atom. The van der Waals surface area contributed by atoms with E-state index in [9.17, 15) is 14.4 Å². The maximum absolute atomic E-state index is 14.4. The number of para-hydroxylation sites is 1. The van der Waals surface area contributed by atoms with Crippen LogP contribution >= 0.6 is 0 Å². The summed E-state index contributed by atoms with van der Waals surface area (Å²) in [6.07, 6.45) is 3.26. The van der Waals surface area contributed by atoms with Crippen molar-refractivity contribution >= 4 is 35.2 Å². The summed E-state index contributed by atoms with van der Waals surface area (Å²) in [4.78, 5) is 45.7. The SMILES string of the molecule is Cc1ccc(N2C(=O)[C@@H]3[C@H](C2=O)[C@@H](C(=O)OC(c2ccccc2)c2ccccc2)N2c4ccccc4C=C[C@H]32)cc1. The van der Waals surface area contributed by atoms with Gasteiger partial charge in [-0.1, -0.05) is 109 Å². The van der Waals surface area contributed by atoms with E-state index in [0.717, 1.165) is 27.9 Å². The molecule has 6 heteroatoms. The molecule has 3 heterocycles. The Bertz CT molecular complexity index is 1630. The van der Waals surface area contributed by atoms with Crippen molar-refractivity contribution in [3.63, 3.8) is 0 Å². The molecule has 0 aliphatic carbocycles. The van der Waals surface area contributed by atoms with Crippen molar-refractivity contribution in [2.24, 2.45) is 11.8 Å². The van der Waals surface area contributed by atoms with E-state index in [1.54, 1.807) is 12.1 Å². The van der Waals surface area contributed by atoms with Crippen molar-refractivity contribution in [2.75, 3.05) is 9.80 Å². The second kappa shape index (κ2) is 9.89. The molecule has 6 nitrogen and oxygen atoms in total. The number of carbonyl (C=O) groups excluding carboxylic acids is 3. The number of aryl methyl sites for hydroxylation is 1. The van der Waals surface area contributed by atoms with Gasteiger partial charge in [0, 0.05) is 5.69 Å². The molecule has 0 radical (unpaired) electrons. The number of hydrogen-bond donors (Lipinski definition) is 0. The van der Waals surface area contributed by atoms with E-state index in [0.29, 0.717) is 5.69 Å². The zero-order valence-electron chi connectivity index (χ0n) is 22.5. The lowest BCUT2D eigenvalue weighted by Gasteiger charge is -2.36. The Hall–Kier alpha value is -4.97. The third kappa shape index (κ3) is 4.06. The first-order chi connectivity index (χ1) is 20.0. The summed E-state index contributed by atoms with van der Waals surface area (Å²) in [5, 5.41) is 0. The number of amides is 2. The van der Waals surface area contributed by atoms with Gasteiger partial charge in [-0.05, 0) is 41.8 Å². The number of rotatable bonds is 5. The van der Waals surface area contributed by atoms with Gasteiger partial charge in [0.1, 0.15) is 6.04 Å². The van der Waals surface area contributed by atoms with Crippen molar-refractivity contribution in [3.8, 4) is 0 Å². The molecule has 3 aliphatic heterocycles. The fourth-order valence-electron chi connectivity index (χ4n) is 6.50. The quantitative estimate of drug-likeness (QED) is 0.239. The number of anilines is 2. The van der Waals surface area contributed by atoms with Crippen LogP contribution in [0.25, 0.3) is 6.08 Å². The molecule has 0 spiro atoms. The van der Waals surface area contributed by atoms with Crippen molar-refractivity contribution in [3.05, 3.63) is 138 Å². The number of benzene rings is 4. The van der Waals surface area contributed by atoms with Crippen LogP contribution in [0, 0.1) is 18.8 Å². The summed E-state index contributed by atoms with van der Waals surface area (Å²) in [5.41, 5.74) is 4.94. The van der Waals surface area contributed by atoms with Crippen molar-refractivity contribution in [1.82, 2.24) is 0 Å². The molecule has 4 aromatic rings. The van der Waals surface area contributed by atoms with E-state index in [4.69, 9.17) is 4.74 Å². The minimum Gasteiger partial charge on any atom is -0.451 e. The van der Waals surface area contributed by atoms with Gasteiger partial charge in [-0.25, -0.2) is 9.69 Å². The van der Waals surface area contributed by atoms with Crippen LogP contribution in [0.2, 0.25) is 0 Å². The molecule has 0 saturated carbocycles. The van der Waals surface area contributed by atoms with E-state index in [1.807, 2.05) is 121 Å². The highest BCUT2D eigenvalue weighted by molar-refractivity contribution is 6.24. The van der Waals surface area contributed by atoms with Crippen LogP contribution in [-0.4, -0.2) is 29.9 Å². The zero-order chi connectivity index (χ0) is 28.1. The Balaban J connectivity index is 1.32. The van der Waals surface area contributed by atoms with Crippen molar-refractivity contribution < 1.29 is 19.1 Å². The van der Waals surface area contributed by atoms with E-state index >= 15 is 0 Å². The summed E-state index contributed by atoms with van der Waals surface area (Å²) in [6, 6.07) is 32.8. The van der Waals surface area contributed by atoms with Crippen LogP contribution < -0.4 is 9.80 Å². The van der Waals surface area contributed by atoms with Crippen LogP contribution in [-0.2, 0) is 19.1 Å². The summed E-state index contributed by atoms with van der Waals surface area (Å²) >= 11 is 0. The minimum atomic E-state index is -0.974. The van der Waals surface area contributed by atoms with Crippen LogP contribution in [0.3, 0.4) is 0 Å². The topological polar surface area (TPSA) is 66.9 Å². The average molecular weight is 541 g/mol. The fraction of sp³-hybridized carbons (Fsp3) is 0.171. The summed E-state index contributed by atoms with van der Waals surface area (Å²) in [7, 11) is 0. The normalized spacial score (nSPS) is 22.5. The van der Waals surface area contributed by atoms with Crippen molar-refractivity contribution in [2.45, 2.75) is 25.1 Å². The number of esters is 1. The summed E-state index contributed by atoms with van der Waals surface area (Å²) in [5.74, 6) is -2.79. The van der Waals surface area contributed by atoms with Crippen molar-refractivity contribution in [1.29, 1.82) is 0 Å². The number of ether oxygens (including phenoxy) is 1. The van der Waals surface area contributed by atoms with Gasteiger partial charge in [0.25, 0.3) is 0 Å². The molecule has 4 atom stereocenters. The molecule has 7 rings (SSSR count). The van der Waals surface area contributed by atoms with Crippen LogP contribution in [0.1, 0.15) is 28.4 Å². The van der Waals surface area contributed by atoms with Gasteiger partial charge in [-0.2, -0.15) is 0 Å². The van der Waals surface area contributed by atoms with Gasteiger partial charge in [0.05, 0.1) is 23.6 Å². The van der Waals surface area contributed by atoms with Gasteiger partial charge >= 0.3 is 5.97 Å². The number of nitrogens with zero attached hydrogens (tertiary/aromatic N) is 2. The molecule has 3 aliphatic rings. The molecule has 0 unspecified atom stereocenters. The molecule has 41 heavy (non-hydrogen) atoms. The minimum absolute atomic E-state index is 0.291. The van der Waals surface area contributed by atoms with Crippen LogP contribution in [0.15, 0.2) is 115 Å². The van der Waals surface area contributed by atoms with Crippen LogP contribution in [0.4, 0.5) is 11.4 Å². The van der Waals surface area contributed by atoms with E-state index in [-0.39, 0.29) is 11.8 Å². The number of fused-ring (bicyclic) bond motifs is 5. The summed E-state index contributed by atoms with van der Waals surface area (Å²) < 4.78 is 6.33. The monoisotopic (exact) mass is 540 g/mol. The van der Waals surface area contributed by atoms with Gasteiger partial charge in [-0.3, -0.25) is 9.59 Å². The molecule has 2 amide bonds. The second-order valence-corrected chi connectivity index (χ2v) is 10.8. The predicted molar refractivity (Wildman–Crippen MR) is 157 cm³/mol. The first-order valence-corrected chi connectivity index (χ1v) is 13.8. The molecule has 0 bridgehead atoms. The van der Waals surface area contributed by atoms with Crippen LogP contribution in [0.5, 0.6) is 0 Å². The Kier molecular flexibility index (Phi) is 6.04. The maximum atomic E-state index is 14.4. The first-order valence-electron chi connectivity index (χ1n) is 13.8. The average Bonchev–Trinajstić information content (AvgIpc) is 3.49. The molecule has 4 aromatic carbocycles. The van der Waals surface area contributed by atoms with Gasteiger partial charge in [-0.15, -0.1) is 0 Å². The molecule has 0 N–H and O–H groups in total. The third-order valence-electron chi connectivity index (χ3n) is 8.39. The van der Waals surface area contributed by atoms with Gasteiger partial charge < -0.3 is 9.64 Å². The predicted octanol–water partition coefficient (Wildman–Crippen LogP) is 5.72. The maximum Gasteiger partial charge on any atom is 0.330 e. The smallest absolute Gasteiger partial charge is 0.330 e. The molecule has 0 aromatic heterocycles. The highest BCUT2D eigenvalue weighted by Crippen LogP contribution is 2.49. The highest BCUT2D eigenvalue weighted by Gasteiger charge is 2.65. The molecular weight excluding hydrogens is 512 g/mol. The number of carbonyl (C=O) groups is 3. The number of imide groups is 1. The van der Waals surface area contributed by atoms with Gasteiger partial charge in [0.15, 0.2) is 6.10 Å². The Morgan fingerprint density at radius 1 is 0.732 bits per heavy atom. The Labute approximate surface area is 238 Å². The second-order valence-electron chi connectivity index (χ2n) is 10.8. The first kappa shape index (κ1) is 25.0. The van der Waals surface area contributed by atoms with E-state index < -0.39 is 36.0 Å². The molecule has 2 saturated heterocycles. The lowest BCUT2D eigenvalue weighted by Crippen LogP contribution is -2.49. The highest BCUT2D eigenvalue weighted by atomic mass is 16.5. The molecular formula is C35H28N2O4. The molecule has 202 valence electrons. The Morgan fingerprint density at radius 2 is 1.32 bits per heavy atom.